The fourth-order valence-electron chi connectivity index (χ4n) is 4.95. The molecule has 0 spiro atoms. The first kappa shape index (κ1) is 26.7. The summed E-state index contributed by atoms with van der Waals surface area (Å²) in [6, 6.07) is 6.42. The van der Waals surface area contributed by atoms with Gasteiger partial charge < -0.3 is 14.0 Å². The van der Waals surface area contributed by atoms with Crippen LogP contribution in [0.2, 0.25) is 0 Å². The number of rotatable bonds is 9. The van der Waals surface area contributed by atoms with Crippen LogP contribution in [0.4, 0.5) is 0 Å². The third-order valence-corrected chi connectivity index (χ3v) is 8.34. The maximum absolute atomic E-state index is 13.2. The van der Waals surface area contributed by atoms with Crippen LogP contribution in [0.3, 0.4) is 0 Å². The fraction of sp³-hybridized carbons (Fsp3) is 0.680. The van der Waals surface area contributed by atoms with Crippen LogP contribution in [0.1, 0.15) is 65.5 Å². The summed E-state index contributed by atoms with van der Waals surface area (Å²) in [5.41, 5.74) is 2.18. The van der Waals surface area contributed by atoms with Crippen LogP contribution in [0.15, 0.2) is 35.0 Å². The lowest BCUT2D eigenvalue weighted by atomic mass is 9.68. The second kappa shape index (κ2) is 11.1. The Morgan fingerprint density at radius 3 is 2.39 bits per heavy atom. The molecule has 1 N–H and O–H groups in total. The Labute approximate surface area is 201 Å². The van der Waals surface area contributed by atoms with Crippen LogP contribution < -0.4 is 4.72 Å². The van der Waals surface area contributed by atoms with Gasteiger partial charge in [-0.15, -0.1) is 4.72 Å². The van der Waals surface area contributed by atoms with Gasteiger partial charge in [-0.2, -0.15) is 0 Å². The summed E-state index contributed by atoms with van der Waals surface area (Å²) in [7, 11) is 1.80. The third-order valence-electron chi connectivity index (χ3n) is 6.12. The second-order valence-electron chi connectivity index (χ2n) is 10.1. The van der Waals surface area contributed by atoms with Crippen LogP contribution in [-0.2, 0) is 33.7 Å². The molecule has 5 atom stereocenters. The van der Waals surface area contributed by atoms with Crippen molar-refractivity contribution in [1.29, 1.82) is 0 Å². The van der Waals surface area contributed by atoms with Gasteiger partial charge in [0.2, 0.25) is 0 Å². The topological polar surface area (TPSA) is 53.5 Å². The summed E-state index contributed by atoms with van der Waals surface area (Å²) in [5, 5.41) is 0. The van der Waals surface area contributed by atoms with Crippen molar-refractivity contribution in [3.63, 3.8) is 0 Å². The molecule has 1 aromatic rings. The van der Waals surface area contributed by atoms with Crippen molar-refractivity contribution in [2.24, 2.45) is 11.8 Å². The third kappa shape index (κ3) is 7.23. The zero-order valence-corrected chi connectivity index (χ0v) is 22.6. The van der Waals surface area contributed by atoms with Crippen LogP contribution >= 0.6 is 15.9 Å². The fourth-order valence-corrected chi connectivity index (χ4v) is 6.30. The van der Waals surface area contributed by atoms with Crippen molar-refractivity contribution in [2.45, 2.75) is 83.6 Å². The number of methoxy groups -OCH3 is 1. The summed E-state index contributed by atoms with van der Waals surface area (Å²) >= 11 is 2.46. The maximum atomic E-state index is 13.2. The molecule has 1 saturated carbocycles. The van der Waals surface area contributed by atoms with Gasteiger partial charge in [-0.25, -0.2) is 0 Å². The van der Waals surface area contributed by atoms with Gasteiger partial charge in [0.25, 0.3) is 0 Å². The molecular formula is C25H40BrNO3S. The lowest BCUT2D eigenvalue weighted by molar-refractivity contribution is -0.0335. The van der Waals surface area contributed by atoms with Gasteiger partial charge in [-0.3, -0.25) is 0 Å². The van der Waals surface area contributed by atoms with Gasteiger partial charge in [0.1, 0.15) is 4.75 Å². The molecule has 31 heavy (non-hydrogen) atoms. The van der Waals surface area contributed by atoms with Crippen LogP contribution in [0, 0.1) is 11.8 Å². The molecule has 1 aliphatic carbocycles. The Balaban J connectivity index is 2.41. The summed E-state index contributed by atoms with van der Waals surface area (Å²) in [4.78, 5) is 0. The Morgan fingerprint density at radius 2 is 1.87 bits per heavy atom. The van der Waals surface area contributed by atoms with Crippen molar-refractivity contribution in [3.8, 4) is 0 Å². The molecular weight excluding hydrogens is 474 g/mol. The SMILES string of the molecule is C=C(Cc1cc(Br)ccc1C[C@]1(N[S@@+]([O-])C(C)(C)C)C[C@@H](C)[C@H](OC)[C@@H](C)C1)OCC. The van der Waals surface area contributed by atoms with Gasteiger partial charge in [0.05, 0.1) is 24.0 Å². The molecule has 0 radical (unpaired) electrons. The van der Waals surface area contributed by atoms with Gasteiger partial charge in [-0.1, -0.05) is 42.4 Å². The minimum absolute atomic E-state index is 0.222. The van der Waals surface area contributed by atoms with Crippen molar-refractivity contribution >= 4 is 27.3 Å². The number of ether oxygens (including phenoxy) is 2. The van der Waals surface area contributed by atoms with Crippen molar-refractivity contribution in [3.05, 3.63) is 46.1 Å². The number of allylic oxidation sites excluding steroid dienone is 1. The van der Waals surface area contributed by atoms with E-state index in [0.717, 1.165) is 29.5 Å². The van der Waals surface area contributed by atoms with E-state index in [0.29, 0.717) is 24.9 Å². The van der Waals surface area contributed by atoms with Gasteiger partial charge in [0.15, 0.2) is 0 Å². The van der Waals surface area contributed by atoms with Crippen molar-refractivity contribution in [1.82, 2.24) is 4.72 Å². The Morgan fingerprint density at radius 1 is 1.26 bits per heavy atom. The molecule has 0 amide bonds. The summed E-state index contributed by atoms with van der Waals surface area (Å²) in [5.74, 6) is 1.51. The zero-order chi connectivity index (χ0) is 23.4. The first-order chi connectivity index (χ1) is 14.4. The molecule has 2 rings (SSSR count). The monoisotopic (exact) mass is 513 g/mol. The predicted molar refractivity (Wildman–Crippen MR) is 134 cm³/mol. The van der Waals surface area contributed by atoms with Gasteiger partial charge in [0, 0.05) is 29.4 Å². The Hall–Kier alpha value is -0.530. The summed E-state index contributed by atoms with van der Waals surface area (Å²) < 4.78 is 29.0. The van der Waals surface area contributed by atoms with Gasteiger partial charge in [-0.05, 0) is 82.1 Å². The highest BCUT2D eigenvalue weighted by Gasteiger charge is 2.47. The molecule has 0 aromatic heterocycles. The molecule has 4 nitrogen and oxygen atoms in total. The molecule has 1 fully saturated rings. The summed E-state index contributed by atoms with van der Waals surface area (Å²) in [6.45, 7) is 17.2. The zero-order valence-electron chi connectivity index (χ0n) is 20.2. The maximum Gasteiger partial charge on any atom is 0.136 e. The second-order valence-corrected chi connectivity index (χ2v) is 12.9. The molecule has 0 bridgehead atoms. The van der Waals surface area contributed by atoms with Crippen molar-refractivity contribution in [2.75, 3.05) is 13.7 Å². The highest BCUT2D eigenvalue weighted by Crippen LogP contribution is 2.41. The van der Waals surface area contributed by atoms with E-state index in [9.17, 15) is 4.55 Å². The molecule has 176 valence electrons. The van der Waals surface area contributed by atoms with E-state index >= 15 is 0 Å². The number of nitrogens with one attached hydrogen (secondary N) is 1. The van der Waals surface area contributed by atoms with Crippen LogP contribution in [-0.4, -0.2) is 34.7 Å². The number of benzene rings is 1. The van der Waals surface area contributed by atoms with E-state index < -0.39 is 11.4 Å². The number of hydrogen-bond acceptors (Lipinski definition) is 4. The normalized spacial score (nSPS) is 27.7. The molecule has 0 unspecified atom stereocenters. The first-order valence-corrected chi connectivity index (χ1v) is 13.2. The summed E-state index contributed by atoms with van der Waals surface area (Å²) in [6.07, 6.45) is 3.54. The van der Waals surface area contributed by atoms with E-state index in [1.165, 1.54) is 11.1 Å². The van der Waals surface area contributed by atoms with E-state index in [2.05, 4.69) is 59.3 Å². The Kier molecular flexibility index (Phi) is 9.53. The lowest BCUT2D eigenvalue weighted by Crippen LogP contribution is -2.60. The van der Waals surface area contributed by atoms with E-state index in [-0.39, 0.29) is 16.4 Å². The quantitative estimate of drug-likeness (QED) is 0.327. The largest absolute Gasteiger partial charge is 0.598 e. The minimum atomic E-state index is -1.16. The highest BCUT2D eigenvalue weighted by atomic mass is 79.9. The molecule has 1 aromatic carbocycles. The lowest BCUT2D eigenvalue weighted by Gasteiger charge is -2.47. The molecule has 1 aliphatic rings. The standard InChI is InChI=1S/C25H40BrNO3S/c1-9-30-19(4)12-21-13-22(26)11-10-20(21)16-25(27-31(28)24(5,6)7)14-17(2)23(29-8)18(3)15-25/h10-11,13,17-18,23,27H,4,9,12,14-16H2,1-3,5-8H3/t17-,18+,23+,25+,31-/m0/s1. The van der Waals surface area contributed by atoms with Crippen molar-refractivity contribution < 1.29 is 14.0 Å². The molecule has 6 heteroatoms. The molecule has 0 heterocycles. The van der Waals surface area contributed by atoms with E-state index in [1.807, 2.05) is 27.7 Å². The van der Waals surface area contributed by atoms with Crippen LogP contribution in [0.5, 0.6) is 0 Å². The van der Waals surface area contributed by atoms with Crippen LogP contribution in [0.25, 0.3) is 0 Å². The molecule has 0 aliphatic heterocycles. The Bertz CT molecular complexity index is 737. The smallest absolute Gasteiger partial charge is 0.136 e. The predicted octanol–water partition coefficient (Wildman–Crippen LogP) is 5.96. The number of halogens is 1. The minimum Gasteiger partial charge on any atom is -0.598 e. The molecule has 0 saturated heterocycles. The van der Waals surface area contributed by atoms with Gasteiger partial charge >= 0.3 is 0 Å². The van der Waals surface area contributed by atoms with E-state index in [1.54, 1.807) is 7.11 Å². The average Bonchev–Trinajstić information content (AvgIpc) is 2.63. The van der Waals surface area contributed by atoms with E-state index in [4.69, 9.17) is 9.47 Å². The average molecular weight is 515 g/mol. The highest BCUT2D eigenvalue weighted by molar-refractivity contribution is 9.10. The first-order valence-electron chi connectivity index (χ1n) is 11.2. The number of hydrogen-bond donors (Lipinski definition) is 1.